The van der Waals surface area contributed by atoms with Crippen LogP contribution in [-0.4, -0.2) is 44.4 Å². The Morgan fingerprint density at radius 2 is 2.21 bits per heavy atom. The first-order chi connectivity index (χ1) is 9.08. The van der Waals surface area contributed by atoms with Crippen LogP contribution in [0.1, 0.15) is 33.1 Å². The van der Waals surface area contributed by atoms with Gasteiger partial charge >= 0.3 is 12.0 Å². The number of nitrogens with one attached hydrogen (secondary N) is 2. The maximum Gasteiger partial charge on any atom is 0.328 e. The van der Waals surface area contributed by atoms with Crippen molar-refractivity contribution in [1.82, 2.24) is 10.6 Å². The van der Waals surface area contributed by atoms with Crippen molar-refractivity contribution in [3.63, 3.8) is 0 Å². The van der Waals surface area contributed by atoms with Crippen molar-refractivity contribution >= 4 is 12.0 Å². The second kappa shape index (κ2) is 7.99. The minimum atomic E-state index is -0.612. The zero-order chi connectivity index (χ0) is 14.3. The first-order valence-corrected chi connectivity index (χ1v) is 6.82. The molecule has 3 atom stereocenters. The number of hydrogen-bond donors (Lipinski definition) is 2. The molecule has 1 aliphatic heterocycles. The highest BCUT2D eigenvalue weighted by Gasteiger charge is 2.27. The number of methoxy groups -OCH3 is 1. The summed E-state index contributed by atoms with van der Waals surface area (Å²) in [5.41, 5.74) is 0. The van der Waals surface area contributed by atoms with Gasteiger partial charge in [0.2, 0.25) is 0 Å². The smallest absolute Gasteiger partial charge is 0.328 e. The molecule has 1 fully saturated rings. The van der Waals surface area contributed by atoms with E-state index in [1.54, 1.807) is 0 Å². The topological polar surface area (TPSA) is 76.7 Å². The molecule has 0 aromatic rings. The van der Waals surface area contributed by atoms with Gasteiger partial charge in [-0.3, -0.25) is 0 Å². The van der Waals surface area contributed by atoms with Gasteiger partial charge in [0, 0.05) is 13.2 Å². The summed E-state index contributed by atoms with van der Waals surface area (Å²) in [6.45, 7) is 5.10. The summed E-state index contributed by atoms with van der Waals surface area (Å²) >= 11 is 0. The molecule has 0 saturated carbocycles. The summed E-state index contributed by atoms with van der Waals surface area (Å²) in [5.74, 6) is -0.387. The fourth-order valence-electron chi connectivity index (χ4n) is 2.00. The summed E-state index contributed by atoms with van der Waals surface area (Å²) in [6, 6.07) is -0.967. The average molecular weight is 272 g/mol. The van der Waals surface area contributed by atoms with Crippen molar-refractivity contribution in [3.8, 4) is 0 Å². The molecular formula is C13H24N2O4. The van der Waals surface area contributed by atoms with Gasteiger partial charge in [0.1, 0.15) is 6.04 Å². The van der Waals surface area contributed by atoms with Gasteiger partial charge in [0.15, 0.2) is 0 Å². The van der Waals surface area contributed by atoms with E-state index in [4.69, 9.17) is 9.47 Å². The van der Waals surface area contributed by atoms with Crippen molar-refractivity contribution in [2.45, 2.75) is 45.3 Å². The van der Waals surface area contributed by atoms with Crippen LogP contribution in [0.15, 0.2) is 0 Å². The zero-order valence-corrected chi connectivity index (χ0v) is 11.9. The molecule has 0 radical (unpaired) electrons. The third-order valence-corrected chi connectivity index (χ3v) is 3.47. The molecule has 6 heteroatoms. The standard InChI is InChI=1S/C13H24N2O4/c1-4-9(2)11(12(16)18-3)15-13(17)14-8-10-6-5-7-19-10/h9-11H,4-8H2,1-3H3,(H2,14,15,17)/t9-,10+,11-/m0/s1. The van der Waals surface area contributed by atoms with Crippen LogP contribution in [0.2, 0.25) is 0 Å². The maximum atomic E-state index is 11.8. The van der Waals surface area contributed by atoms with Crippen molar-refractivity contribution < 1.29 is 19.1 Å². The molecule has 0 aromatic heterocycles. The predicted octanol–water partition coefficient (Wildman–Crippen LogP) is 1.05. The summed E-state index contributed by atoms with van der Waals surface area (Å²) in [6.07, 6.45) is 2.87. The maximum absolute atomic E-state index is 11.8. The van der Waals surface area contributed by atoms with E-state index in [-0.39, 0.29) is 18.1 Å². The minimum absolute atomic E-state index is 0.0286. The first kappa shape index (κ1) is 15.8. The second-order valence-electron chi connectivity index (χ2n) is 4.88. The molecule has 1 aliphatic rings. The van der Waals surface area contributed by atoms with E-state index >= 15 is 0 Å². The van der Waals surface area contributed by atoms with E-state index in [9.17, 15) is 9.59 Å². The fourth-order valence-corrected chi connectivity index (χ4v) is 2.00. The van der Waals surface area contributed by atoms with E-state index in [1.807, 2.05) is 13.8 Å². The normalized spacial score (nSPS) is 21.5. The Bertz CT molecular complexity index is 303. The Balaban J connectivity index is 2.39. The Labute approximate surface area is 114 Å². The van der Waals surface area contributed by atoms with Crippen molar-refractivity contribution in [2.75, 3.05) is 20.3 Å². The van der Waals surface area contributed by atoms with Gasteiger partial charge in [-0.1, -0.05) is 20.3 Å². The Hall–Kier alpha value is -1.30. The van der Waals surface area contributed by atoms with Crippen molar-refractivity contribution in [1.29, 1.82) is 0 Å². The summed E-state index contributed by atoms with van der Waals surface area (Å²) < 4.78 is 10.1. The third-order valence-electron chi connectivity index (χ3n) is 3.47. The average Bonchev–Trinajstić information content (AvgIpc) is 2.94. The highest BCUT2D eigenvalue weighted by atomic mass is 16.5. The lowest BCUT2D eigenvalue weighted by Gasteiger charge is -2.22. The number of carbonyl (C=O) groups is 2. The summed E-state index contributed by atoms with van der Waals surface area (Å²) in [5, 5.41) is 5.39. The van der Waals surface area contributed by atoms with Crippen molar-refractivity contribution in [3.05, 3.63) is 0 Å². The molecule has 110 valence electrons. The number of urea groups is 1. The number of rotatable bonds is 6. The predicted molar refractivity (Wildman–Crippen MR) is 70.8 cm³/mol. The van der Waals surface area contributed by atoms with E-state index in [0.29, 0.717) is 6.54 Å². The molecule has 0 aromatic carbocycles. The Morgan fingerprint density at radius 3 is 2.74 bits per heavy atom. The van der Waals surface area contributed by atoms with Crippen LogP contribution < -0.4 is 10.6 Å². The van der Waals surface area contributed by atoms with Gasteiger partial charge in [-0.05, 0) is 18.8 Å². The van der Waals surface area contributed by atoms with E-state index in [0.717, 1.165) is 25.9 Å². The van der Waals surface area contributed by atoms with Crippen molar-refractivity contribution in [2.24, 2.45) is 5.92 Å². The number of carbonyl (C=O) groups excluding carboxylic acids is 2. The van der Waals surface area contributed by atoms with E-state index in [2.05, 4.69) is 10.6 Å². The van der Waals surface area contributed by atoms with Gasteiger partial charge in [-0.2, -0.15) is 0 Å². The van der Waals surface area contributed by atoms with Gasteiger partial charge < -0.3 is 20.1 Å². The van der Waals surface area contributed by atoms with Crippen LogP contribution in [0.3, 0.4) is 0 Å². The monoisotopic (exact) mass is 272 g/mol. The van der Waals surface area contributed by atoms with E-state index in [1.165, 1.54) is 7.11 Å². The van der Waals surface area contributed by atoms with Crippen LogP contribution in [0, 0.1) is 5.92 Å². The molecule has 0 unspecified atom stereocenters. The first-order valence-electron chi connectivity index (χ1n) is 6.82. The highest BCUT2D eigenvalue weighted by molar-refractivity contribution is 5.83. The lowest BCUT2D eigenvalue weighted by molar-refractivity contribution is -0.144. The van der Waals surface area contributed by atoms with Gasteiger partial charge in [-0.15, -0.1) is 0 Å². The largest absolute Gasteiger partial charge is 0.467 e. The molecule has 6 nitrogen and oxygen atoms in total. The molecule has 1 saturated heterocycles. The molecule has 1 heterocycles. The molecule has 2 N–H and O–H groups in total. The lowest BCUT2D eigenvalue weighted by atomic mass is 9.99. The van der Waals surface area contributed by atoms with Crippen LogP contribution in [-0.2, 0) is 14.3 Å². The molecule has 0 aliphatic carbocycles. The number of hydrogen-bond acceptors (Lipinski definition) is 4. The van der Waals surface area contributed by atoms with Gasteiger partial charge in [-0.25, -0.2) is 9.59 Å². The van der Waals surface area contributed by atoms with E-state index < -0.39 is 12.0 Å². The number of amides is 2. The number of ether oxygens (including phenoxy) is 2. The fraction of sp³-hybridized carbons (Fsp3) is 0.846. The van der Waals surface area contributed by atoms with Crippen LogP contribution in [0.5, 0.6) is 0 Å². The highest BCUT2D eigenvalue weighted by Crippen LogP contribution is 2.11. The Morgan fingerprint density at radius 1 is 1.47 bits per heavy atom. The summed E-state index contributed by atoms with van der Waals surface area (Å²) in [7, 11) is 1.32. The SMILES string of the molecule is CC[C@H](C)[C@H](NC(=O)NC[C@H]1CCCO1)C(=O)OC. The third kappa shape index (κ3) is 5.06. The molecule has 2 amide bonds. The van der Waals surface area contributed by atoms with Gasteiger partial charge in [0.25, 0.3) is 0 Å². The molecule has 0 spiro atoms. The molecule has 0 bridgehead atoms. The summed E-state index contributed by atoms with van der Waals surface area (Å²) in [4.78, 5) is 23.4. The lowest BCUT2D eigenvalue weighted by Crippen LogP contribution is -2.50. The number of esters is 1. The minimum Gasteiger partial charge on any atom is -0.467 e. The molecule has 19 heavy (non-hydrogen) atoms. The van der Waals surface area contributed by atoms with Gasteiger partial charge in [0.05, 0.1) is 13.2 Å². The molecule has 1 rings (SSSR count). The zero-order valence-electron chi connectivity index (χ0n) is 11.9. The Kier molecular flexibility index (Phi) is 6.62. The second-order valence-corrected chi connectivity index (χ2v) is 4.88. The van der Waals surface area contributed by atoms with Crippen LogP contribution >= 0.6 is 0 Å². The van der Waals surface area contributed by atoms with Crippen LogP contribution in [0.25, 0.3) is 0 Å². The quantitative estimate of drug-likeness (QED) is 0.709. The molecular weight excluding hydrogens is 248 g/mol. The van der Waals surface area contributed by atoms with Crippen LogP contribution in [0.4, 0.5) is 4.79 Å².